The largest absolute Gasteiger partial charge is 0.497 e. The molecule has 0 radical (unpaired) electrons. The highest BCUT2D eigenvalue weighted by Crippen LogP contribution is 2.45. The van der Waals surface area contributed by atoms with Crippen molar-refractivity contribution >= 4 is 33.4 Å². The highest BCUT2D eigenvalue weighted by molar-refractivity contribution is 7.21. The molecule has 0 aliphatic carbocycles. The Morgan fingerprint density at radius 1 is 0.875 bits per heavy atom. The lowest BCUT2D eigenvalue weighted by Crippen LogP contribution is -2.47. The topological polar surface area (TPSA) is 83.8 Å². The molecular weight excluding hydrogens is 522 g/mol. The van der Waals surface area contributed by atoms with Gasteiger partial charge in [0.2, 0.25) is 5.91 Å². The summed E-state index contributed by atoms with van der Waals surface area (Å²) in [6, 6.07) is 27.9. The van der Waals surface area contributed by atoms with Gasteiger partial charge in [-0.15, -0.1) is 11.3 Å². The molecule has 1 fully saturated rings. The number of hydrogen-bond acceptors (Lipinski definition) is 5. The molecule has 1 amide bonds. The average Bonchev–Trinajstić information content (AvgIpc) is 3.56. The van der Waals surface area contributed by atoms with E-state index in [1.165, 1.54) is 11.3 Å². The molecule has 6 rings (SSSR count). The smallest absolute Gasteiger partial charge is 0.345 e. The highest BCUT2D eigenvalue weighted by atomic mass is 32.1. The van der Waals surface area contributed by atoms with Crippen LogP contribution in [-0.2, 0) is 11.3 Å². The number of carboxylic acid groups (broad SMARTS) is 1. The molecule has 1 saturated heterocycles. The molecule has 1 aliphatic heterocycles. The number of nitrogens with zero attached hydrogens (tertiary/aromatic N) is 2. The first-order chi connectivity index (χ1) is 19.5. The average molecular weight is 552 g/mol. The van der Waals surface area contributed by atoms with Crippen LogP contribution < -0.4 is 10.1 Å². The Kier molecular flexibility index (Phi) is 7.11. The van der Waals surface area contributed by atoms with Crippen LogP contribution in [-0.4, -0.2) is 59.7 Å². The summed E-state index contributed by atoms with van der Waals surface area (Å²) in [5, 5.41) is 13.1. The van der Waals surface area contributed by atoms with Crippen LogP contribution in [0.1, 0.15) is 9.67 Å². The number of aromatic nitrogens is 1. The zero-order chi connectivity index (χ0) is 27.6. The van der Waals surface area contributed by atoms with Crippen molar-refractivity contribution in [3.63, 3.8) is 0 Å². The number of benzene rings is 3. The Bertz CT molecular complexity index is 1680. The third-order valence-corrected chi connectivity index (χ3v) is 8.46. The Balaban J connectivity index is 1.52. The molecule has 202 valence electrons. The van der Waals surface area contributed by atoms with Gasteiger partial charge >= 0.3 is 5.97 Å². The van der Waals surface area contributed by atoms with E-state index in [1.54, 1.807) is 13.2 Å². The maximum atomic E-state index is 13.5. The lowest BCUT2D eigenvalue weighted by atomic mass is 9.98. The van der Waals surface area contributed by atoms with Crippen LogP contribution in [0.15, 0.2) is 84.9 Å². The number of fused-ring (bicyclic) bond motifs is 1. The Morgan fingerprint density at radius 2 is 1.57 bits per heavy atom. The molecule has 0 spiro atoms. The number of methoxy groups -OCH3 is 1. The summed E-state index contributed by atoms with van der Waals surface area (Å²) < 4.78 is 8.27. The maximum Gasteiger partial charge on any atom is 0.345 e. The van der Waals surface area contributed by atoms with Crippen molar-refractivity contribution in [2.75, 3.05) is 33.3 Å². The normalized spacial score (nSPS) is 13.5. The molecule has 1 aliphatic rings. The van der Waals surface area contributed by atoms with Gasteiger partial charge in [-0.2, -0.15) is 0 Å². The number of carbonyl (C=O) groups excluding carboxylic acids is 1. The fourth-order valence-corrected chi connectivity index (χ4v) is 6.41. The van der Waals surface area contributed by atoms with E-state index in [0.717, 1.165) is 62.6 Å². The Morgan fingerprint density at radius 3 is 2.27 bits per heavy atom. The van der Waals surface area contributed by atoms with Crippen LogP contribution in [0.5, 0.6) is 5.75 Å². The van der Waals surface area contributed by atoms with Crippen LogP contribution in [0, 0.1) is 0 Å². The number of hydrogen-bond donors (Lipinski definition) is 2. The molecule has 2 aromatic heterocycles. The summed E-state index contributed by atoms with van der Waals surface area (Å²) >= 11 is 1.25. The zero-order valence-electron chi connectivity index (χ0n) is 22.1. The number of carboxylic acids is 1. The number of rotatable bonds is 7. The molecule has 0 unspecified atom stereocenters. The molecule has 3 aromatic carbocycles. The molecule has 0 atom stereocenters. The van der Waals surface area contributed by atoms with Crippen molar-refractivity contribution in [3.8, 4) is 39.3 Å². The third kappa shape index (κ3) is 4.87. The molecule has 5 aromatic rings. The van der Waals surface area contributed by atoms with E-state index in [9.17, 15) is 14.7 Å². The second kappa shape index (κ2) is 11.0. The van der Waals surface area contributed by atoms with Gasteiger partial charge in [0, 0.05) is 31.7 Å². The summed E-state index contributed by atoms with van der Waals surface area (Å²) in [5.74, 6) is -0.151. The minimum absolute atomic E-state index is 0.0235. The van der Waals surface area contributed by atoms with Gasteiger partial charge < -0.3 is 24.6 Å². The van der Waals surface area contributed by atoms with E-state index < -0.39 is 5.97 Å². The van der Waals surface area contributed by atoms with E-state index in [4.69, 9.17) is 4.74 Å². The first kappa shape index (κ1) is 25.9. The summed E-state index contributed by atoms with van der Waals surface area (Å²) in [6.07, 6.45) is 0. The Labute approximate surface area is 236 Å². The van der Waals surface area contributed by atoms with Crippen LogP contribution in [0.3, 0.4) is 0 Å². The minimum atomic E-state index is -0.968. The van der Waals surface area contributed by atoms with Crippen molar-refractivity contribution in [2.24, 2.45) is 0 Å². The predicted molar refractivity (Wildman–Crippen MR) is 159 cm³/mol. The van der Waals surface area contributed by atoms with Gasteiger partial charge in [-0.25, -0.2) is 4.79 Å². The van der Waals surface area contributed by atoms with E-state index in [-0.39, 0.29) is 17.3 Å². The van der Waals surface area contributed by atoms with E-state index >= 15 is 0 Å². The number of piperazine rings is 1. The number of aromatic carboxylic acids is 1. The predicted octanol–water partition coefficient (Wildman–Crippen LogP) is 5.84. The maximum absolute atomic E-state index is 13.5. The third-order valence-electron chi connectivity index (χ3n) is 7.33. The van der Waals surface area contributed by atoms with E-state index in [2.05, 4.69) is 29.6 Å². The number of thiophene rings is 1. The number of nitrogens with one attached hydrogen (secondary N) is 1. The standard InChI is InChI=1S/C32H29N3O4S/c1-39-25-9-5-8-24(18-25)21-10-12-23(13-11-21)30-29(22-6-3-2-4-7-22)31-26(19-27(40-31)32(37)38)35(30)20-28(36)34-16-14-33-15-17-34/h2-13,18-19,33H,14-17,20H2,1H3,(H,37,38). The highest BCUT2D eigenvalue weighted by Gasteiger charge is 2.26. The summed E-state index contributed by atoms with van der Waals surface area (Å²) in [5.41, 5.74) is 6.64. The molecule has 40 heavy (non-hydrogen) atoms. The van der Waals surface area contributed by atoms with Crippen LogP contribution >= 0.6 is 11.3 Å². The van der Waals surface area contributed by atoms with Crippen molar-refractivity contribution in [2.45, 2.75) is 6.54 Å². The van der Waals surface area contributed by atoms with Crippen LogP contribution in [0.2, 0.25) is 0 Å². The van der Waals surface area contributed by atoms with E-state index in [1.807, 2.05) is 64.1 Å². The van der Waals surface area contributed by atoms with Gasteiger partial charge in [0.25, 0.3) is 0 Å². The fraction of sp³-hybridized carbons (Fsp3) is 0.188. The zero-order valence-corrected chi connectivity index (χ0v) is 22.9. The molecule has 7 nitrogen and oxygen atoms in total. The monoisotopic (exact) mass is 551 g/mol. The van der Waals surface area contributed by atoms with Gasteiger partial charge in [0.1, 0.15) is 17.2 Å². The number of amides is 1. The lowest BCUT2D eigenvalue weighted by molar-refractivity contribution is -0.132. The Hall–Kier alpha value is -4.40. The molecule has 0 saturated carbocycles. The van der Waals surface area contributed by atoms with Gasteiger partial charge in [-0.05, 0) is 40.5 Å². The summed E-state index contributed by atoms with van der Waals surface area (Å²) in [7, 11) is 1.66. The van der Waals surface area contributed by atoms with E-state index in [0.29, 0.717) is 13.1 Å². The van der Waals surface area contributed by atoms with Gasteiger partial charge in [-0.3, -0.25) is 4.79 Å². The molecule has 0 bridgehead atoms. The van der Waals surface area contributed by atoms with Crippen LogP contribution in [0.25, 0.3) is 43.7 Å². The van der Waals surface area contributed by atoms with Crippen molar-refractivity contribution in [1.82, 2.24) is 14.8 Å². The molecule has 8 heteroatoms. The van der Waals surface area contributed by atoms with Gasteiger partial charge in [0.05, 0.1) is 23.0 Å². The minimum Gasteiger partial charge on any atom is -0.497 e. The molecular formula is C32H29N3O4S. The van der Waals surface area contributed by atoms with Gasteiger partial charge in [0.15, 0.2) is 0 Å². The number of carbonyl (C=O) groups is 2. The lowest BCUT2D eigenvalue weighted by Gasteiger charge is -2.28. The van der Waals surface area contributed by atoms with Crippen molar-refractivity contribution in [3.05, 3.63) is 89.8 Å². The van der Waals surface area contributed by atoms with Crippen molar-refractivity contribution in [1.29, 1.82) is 0 Å². The van der Waals surface area contributed by atoms with Crippen molar-refractivity contribution < 1.29 is 19.4 Å². The quantitative estimate of drug-likeness (QED) is 0.265. The van der Waals surface area contributed by atoms with Crippen LogP contribution in [0.4, 0.5) is 0 Å². The number of ether oxygens (including phenoxy) is 1. The van der Waals surface area contributed by atoms with Gasteiger partial charge in [-0.1, -0.05) is 66.7 Å². The summed E-state index contributed by atoms with van der Waals surface area (Å²) in [4.78, 5) is 27.6. The first-order valence-corrected chi connectivity index (χ1v) is 14.0. The second-order valence-corrected chi connectivity index (χ2v) is 10.8. The second-order valence-electron chi connectivity index (χ2n) is 9.75. The first-order valence-electron chi connectivity index (χ1n) is 13.2. The SMILES string of the molecule is COc1cccc(-c2ccc(-c3c(-c4ccccc4)c4sc(C(=O)O)cc4n3CC(=O)N3CCNCC3)cc2)c1. The molecule has 2 N–H and O–H groups in total. The molecule has 3 heterocycles. The fourth-order valence-electron chi connectivity index (χ4n) is 5.34. The summed E-state index contributed by atoms with van der Waals surface area (Å²) in [6.45, 7) is 2.98.